The van der Waals surface area contributed by atoms with Gasteiger partial charge in [0.25, 0.3) is 0 Å². The summed E-state index contributed by atoms with van der Waals surface area (Å²) in [5.74, 6) is 1.29. The Kier molecular flexibility index (Phi) is 17.1. The van der Waals surface area contributed by atoms with Gasteiger partial charge in [0.05, 0.1) is 0 Å². The Hall–Kier alpha value is -0.750. The highest BCUT2D eigenvalue weighted by Crippen LogP contribution is 2.50. The second-order valence-electron chi connectivity index (χ2n) is 9.43. The molecule has 0 fully saturated rings. The average molecular weight is 451 g/mol. The molecule has 1 aromatic carbocycles. The predicted octanol–water partition coefficient (Wildman–Crippen LogP) is 10.3. The Morgan fingerprint density at radius 2 is 1.23 bits per heavy atom. The minimum atomic E-state index is -2.63. The van der Waals surface area contributed by atoms with Crippen molar-refractivity contribution >= 4 is 7.37 Å². The zero-order valence-electron chi connectivity index (χ0n) is 21.0. The lowest BCUT2D eigenvalue weighted by Crippen LogP contribution is -2.12. The highest BCUT2D eigenvalue weighted by molar-refractivity contribution is 7.59. The number of rotatable bonds is 21. The lowest BCUT2D eigenvalue weighted by molar-refractivity contribution is 0.438. The van der Waals surface area contributed by atoms with Crippen molar-refractivity contribution in [3.05, 3.63) is 30.3 Å². The Labute approximate surface area is 194 Å². The molecular weight excluding hydrogens is 399 g/mol. The van der Waals surface area contributed by atoms with E-state index in [2.05, 4.69) is 20.8 Å². The fraction of sp³-hybridized carbons (Fsp3) is 0.786. The smallest absolute Gasteiger partial charge is 0.248 e. The van der Waals surface area contributed by atoms with Crippen LogP contribution < -0.4 is 4.52 Å². The van der Waals surface area contributed by atoms with Crippen molar-refractivity contribution < 1.29 is 9.09 Å². The van der Waals surface area contributed by atoms with E-state index in [0.717, 1.165) is 30.9 Å². The largest absolute Gasteiger partial charge is 0.443 e. The number of benzene rings is 1. The predicted molar refractivity (Wildman–Crippen MR) is 139 cm³/mol. The van der Waals surface area contributed by atoms with Gasteiger partial charge in [0.1, 0.15) is 5.75 Å². The molecular formula is C28H51O2P. The molecule has 0 aliphatic heterocycles. The molecule has 0 bridgehead atoms. The van der Waals surface area contributed by atoms with Crippen LogP contribution in [0.4, 0.5) is 0 Å². The molecule has 180 valence electrons. The van der Waals surface area contributed by atoms with Crippen molar-refractivity contribution in [1.82, 2.24) is 0 Å². The zero-order valence-corrected chi connectivity index (χ0v) is 21.9. The number of hydrogen-bond donors (Lipinski definition) is 0. The lowest BCUT2D eigenvalue weighted by atomic mass is 10.0. The van der Waals surface area contributed by atoms with E-state index >= 15 is 0 Å². The van der Waals surface area contributed by atoms with Gasteiger partial charge in [0, 0.05) is 12.3 Å². The molecule has 3 heteroatoms. The minimum absolute atomic E-state index is 0.520. The van der Waals surface area contributed by atoms with E-state index in [1.54, 1.807) is 0 Å². The second kappa shape index (κ2) is 18.8. The summed E-state index contributed by atoms with van der Waals surface area (Å²) in [6.07, 6.45) is 22.1. The van der Waals surface area contributed by atoms with Gasteiger partial charge in [-0.2, -0.15) is 0 Å². The fourth-order valence-corrected chi connectivity index (χ4v) is 7.14. The van der Waals surface area contributed by atoms with Crippen LogP contribution >= 0.6 is 7.37 Å². The first kappa shape index (κ1) is 28.3. The molecule has 0 saturated heterocycles. The first-order valence-electron chi connectivity index (χ1n) is 13.5. The van der Waals surface area contributed by atoms with Crippen molar-refractivity contribution in [2.24, 2.45) is 5.92 Å². The highest BCUT2D eigenvalue weighted by Gasteiger charge is 2.28. The van der Waals surface area contributed by atoms with Crippen LogP contribution in [0.3, 0.4) is 0 Å². The van der Waals surface area contributed by atoms with Gasteiger partial charge < -0.3 is 4.52 Å². The van der Waals surface area contributed by atoms with Gasteiger partial charge in [0.15, 0.2) is 0 Å². The van der Waals surface area contributed by atoms with E-state index in [1.807, 2.05) is 30.3 Å². The number of hydrogen-bond acceptors (Lipinski definition) is 2. The van der Waals surface area contributed by atoms with Crippen LogP contribution in [0.25, 0.3) is 0 Å². The number of unbranched alkanes of at least 4 members (excludes halogenated alkanes) is 12. The molecule has 0 aliphatic carbocycles. The van der Waals surface area contributed by atoms with Crippen molar-refractivity contribution in [2.45, 2.75) is 124 Å². The lowest BCUT2D eigenvalue weighted by Gasteiger charge is -2.24. The third kappa shape index (κ3) is 14.8. The molecule has 0 spiro atoms. The zero-order chi connectivity index (χ0) is 22.6. The third-order valence-electron chi connectivity index (χ3n) is 6.45. The van der Waals surface area contributed by atoms with E-state index in [1.165, 1.54) is 89.9 Å². The first-order valence-corrected chi connectivity index (χ1v) is 15.5. The molecule has 0 heterocycles. The van der Waals surface area contributed by atoms with Crippen LogP contribution in [0, 0.1) is 5.92 Å². The standard InChI is InChI=1S/C28H51O2P/c1-4-7-9-10-11-12-13-14-15-16-17-21-25-31(29,26-27(6-3)22-8-5-2)30-28-23-19-18-20-24-28/h18-20,23-24,27H,4-17,21-22,25-26H2,1-3H3. The Balaban J connectivity index is 2.33. The molecule has 0 aliphatic rings. The molecule has 2 nitrogen and oxygen atoms in total. The van der Waals surface area contributed by atoms with Crippen LogP contribution in [0.15, 0.2) is 30.3 Å². The second-order valence-corrected chi connectivity index (χ2v) is 12.1. The molecule has 1 rings (SSSR count). The molecule has 1 aromatic rings. The summed E-state index contributed by atoms with van der Waals surface area (Å²) in [6, 6.07) is 9.82. The van der Waals surface area contributed by atoms with Crippen LogP contribution in [0.5, 0.6) is 5.75 Å². The Bertz CT molecular complexity index is 557. The van der Waals surface area contributed by atoms with Gasteiger partial charge in [-0.1, -0.05) is 129 Å². The van der Waals surface area contributed by atoms with E-state index in [9.17, 15) is 4.57 Å². The summed E-state index contributed by atoms with van der Waals surface area (Å²) < 4.78 is 19.9. The van der Waals surface area contributed by atoms with Crippen molar-refractivity contribution in [3.8, 4) is 5.75 Å². The van der Waals surface area contributed by atoms with Crippen molar-refractivity contribution in [1.29, 1.82) is 0 Å². The van der Waals surface area contributed by atoms with E-state index in [-0.39, 0.29) is 0 Å². The molecule has 31 heavy (non-hydrogen) atoms. The Morgan fingerprint density at radius 1 is 0.710 bits per heavy atom. The molecule has 0 aromatic heterocycles. The maximum absolute atomic E-state index is 13.8. The maximum Gasteiger partial charge on any atom is 0.248 e. The van der Waals surface area contributed by atoms with E-state index < -0.39 is 7.37 Å². The maximum atomic E-state index is 13.8. The van der Waals surface area contributed by atoms with Crippen LogP contribution in [0.2, 0.25) is 0 Å². The molecule has 2 unspecified atom stereocenters. The van der Waals surface area contributed by atoms with Gasteiger partial charge >= 0.3 is 0 Å². The van der Waals surface area contributed by atoms with Gasteiger partial charge in [-0.05, 0) is 30.9 Å². The summed E-state index contributed by atoms with van der Waals surface area (Å²) in [6.45, 7) is 6.75. The minimum Gasteiger partial charge on any atom is -0.443 e. The topological polar surface area (TPSA) is 26.3 Å². The Morgan fingerprint density at radius 3 is 1.74 bits per heavy atom. The molecule has 0 radical (unpaired) electrons. The van der Waals surface area contributed by atoms with E-state index in [4.69, 9.17) is 4.52 Å². The monoisotopic (exact) mass is 450 g/mol. The van der Waals surface area contributed by atoms with Crippen molar-refractivity contribution in [3.63, 3.8) is 0 Å². The average Bonchev–Trinajstić information content (AvgIpc) is 2.78. The molecule has 0 saturated carbocycles. The summed E-state index contributed by atoms with van der Waals surface area (Å²) in [5, 5.41) is 0. The van der Waals surface area contributed by atoms with Crippen LogP contribution in [0.1, 0.15) is 124 Å². The summed E-state index contributed by atoms with van der Waals surface area (Å²) >= 11 is 0. The third-order valence-corrected chi connectivity index (χ3v) is 9.06. The van der Waals surface area contributed by atoms with Crippen LogP contribution in [-0.4, -0.2) is 12.3 Å². The van der Waals surface area contributed by atoms with Crippen molar-refractivity contribution in [2.75, 3.05) is 12.3 Å². The normalized spacial score (nSPS) is 14.3. The fourth-order valence-electron chi connectivity index (χ4n) is 4.35. The summed E-state index contributed by atoms with van der Waals surface area (Å²) in [4.78, 5) is 0. The number of para-hydroxylation sites is 1. The summed E-state index contributed by atoms with van der Waals surface area (Å²) in [5.41, 5.74) is 0. The van der Waals surface area contributed by atoms with Crippen LogP contribution in [-0.2, 0) is 4.57 Å². The van der Waals surface area contributed by atoms with Gasteiger partial charge in [-0.25, -0.2) is 0 Å². The molecule has 2 atom stereocenters. The first-order chi connectivity index (χ1) is 15.1. The van der Waals surface area contributed by atoms with E-state index in [0.29, 0.717) is 5.92 Å². The molecule has 0 N–H and O–H groups in total. The van der Waals surface area contributed by atoms with Gasteiger partial charge in [0.2, 0.25) is 7.37 Å². The highest BCUT2D eigenvalue weighted by atomic mass is 31.2. The van der Waals surface area contributed by atoms with Gasteiger partial charge in [-0.15, -0.1) is 0 Å². The van der Waals surface area contributed by atoms with Gasteiger partial charge in [-0.3, -0.25) is 4.57 Å². The quantitative estimate of drug-likeness (QED) is 0.137. The molecule has 0 amide bonds. The summed E-state index contributed by atoms with van der Waals surface area (Å²) in [7, 11) is -2.63. The SMILES string of the molecule is CCCCCCCCCCCCCCP(=O)(CC(CC)CCCC)Oc1ccccc1.